The van der Waals surface area contributed by atoms with Crippen LogP contribution in [0.25, 0.3) is 0 Å². The molecule has 0 saturated carbocycles. The highest BCUT2D eigenvalue weighted by atomic mass is 32.2. The SMILES string of the molecule is C=CCS(=O)(=O)CC=C.CCOCC. The number of hydrogen-bond donors (Lipinski definition) is 0. The fraction of sp³-hybridized carbons (Fsp3) is 0.600. The first-order valence-electron chi connectivity index (χ1n) is 4.54. The monoisotopic (exact) mass is 220 g/mol. The van der Waals surface area contributed by atoms with Crippen molar-refractivity contribution in [1.29, 1.82) is 0 Å². The number of ether oxygens (including phenoxy) is 1. The lowest BCUT2D eigenvalue weighted by Gasteiger charge is -1.92. The Balaban J connectivity index is 0. The van der Waals surface area contributed by atoms with Gasteiger partial charge in [0, 0.05) is 13.2 Å². The summed E-state index contributed by atoms with van der Waals surface area (Å²) in [6.45, 7) is 12.3. The van der Waals surface area contributed by atoms with Gasteiger partial charge in [0.15, 0.2) is 9.84 Å². The maximum Gasteiger partial charge on any atom is 0.157 e. The van der Waals surface area contributed by atoms with E-state index in [9.17, 15) is 8.42 Å². The third-order valence-electron chi connectivity index (χ3n) is 1.15. The second-order valence-electron chi connectivity index (χ2n) is 2.44. The molecule has 0 heterocycles. The first kappa shape index (κ1) is 15.8. The number of sulfone groups is 1. The molecule has 0 aromatic rings. The number of hydrogen-bond acceptors (Lipinski definition) is 3. The minimum Gasteiger partial charge on any atom is -0.382 e. The summed E-state index contributed by atoms with van der Waals surface area (Å²) in [6.07, 6.45) is 2.75. The fourth-order valence-corrected chi connectivity index (χ4v) is 1.49. The number of rotatable bonds is 6. The van der Waals surface area contributed by atoms with Crippen LogP contribution in [0.4, 0.5) is 0 Å². The molecule has 0 aliphatic carbocycles. The van der Waals surface area contributed by atoms with E-state index in [1.54, 1.807) is 0 Å². The highest BCUT2D eigenvalue weighted by Crippen LogP contribution is 1.89. The third kappa shape index (κ3) is 13.9. The van der Waals surface area contributed by atoms with Crippen LogP contribution in [0.2, 0.25) is 0 Å². The average molecular weight is 220 g/mol. The van der Waals surface area contributed by atoms with Gasteiger partial charge in [0.2, 0.25) is 0 Å². The topological polar surface area (TPSA) is 43.4 Å². The van der Waals surface area contributed by atoms with E-state index in [0.29, 0.717) is 0 Å². The van der Waals surface area contributed by atoms with Crippen LogP contribution in [0.1, 0.15) is 13.8 Å². The van der Waals surface area contributed by atoms with Crippen molar-refractivity contribution >= 4 is 9.84 Å². The van der Waals surface area contributed by atoms with Crippen LogP contribution in [0.5, 0.6) is 0 Å². The lowest BCUT2D eigenvalue weighted by molar-refractivity contribution is 0.162. The molecule has 0 saturated heterocycles. The smallest absolute Gasteiger partial charge is 0.157 e. The Labute approximate surface area is 87.4 Å². The van der Waals surface area contributed by atoms with E-state index in [2.05, 4.69) is 13.2 Å². The van der Waals surface area contributed by atoms with E-state index in [1.165, 1.54) is 12.2 Å². The first-order chi connectivity index (χ1) is 6.54. The molecule has 0 aliphatic heterocycles. The molecule has 0 rings (SSSR count). The maximum absolute atomic E-state index is 10.7. The van der Waals surface area contributed by atoms with Gasteiger partial charge in [0.1, 0.15) is 0 Å². The Morgan fingerprint density at radius 2 is 1.43 bits per heavy atom. The van der Waals surface area contributed by atoms with E-state index >= 15 is 0 Å². The van der Waals surface area contributed by atoms with Gasteiger partial charge in [-0.25, -0.2) is 8.42 Å². The summed E-state index contributed by atoms with van der Waals surface area (Å²) in [5.41, 5.74) is 0. The second kappa shape index (κ2) is 10.5. The molecule has 0 unspecified atom stereocenters. The largest absolute Gasteiger partial charge is 0.382 e. The molecule has 4 heteroatoms. The van der Waals surface area contributed by atoms with E-state index < -0.39 is 9.84 Å². The van der Waals surface area contributed by atoms with Gasteiger partial charge in [0.05, 0.1) is 11.5 Å². The molecule has 84 valence electrons. The van der Waals surface area contributed by atoms with Crippen molar-refractivity contribution in [3.63, 3.8) is 0 Å². The summed E-state index contributed by atoms with van der Waals surface area (Å²) in [4.78, 5) is 0. The summed E-state index contributed by atoms with van der Waals surface area (Å²) in [6, 6.07) is 0. The van der Waals surface area contributed by atoms with Crippen LogP contribution >= 0.6 is 0 Å². The van der Waals surface area contributed by atoms with Crippen LogP contribution < -0.4 is 0 Å². The minimum atomic E-state index is -2.92. The molecule has 0 N–H and O–H groups in total. The Hall–Kier alpha value is -0.610. The van der Waals surface area contributed by atoms with E-state index in [0.717, 1.165) is 13.2 Å². The molecule has 0 radical (unpaired) electrons. The standard InChI is InChI=1S/C6H10O2S.C4H10O/c1-3-5-9(7,8)6-4-2;1-3-5-4-2/h3-4H,1-2,5-6H2;3-4H2,1-2H3. The van der Waals surface area contributed by atoms with Crippen molar-refractivity contribution in [2.24, 2.45) is 0 Å². The van der Waals surface area contributed by atoms with Crippen molar-refractivity contribution in [2.45, 2.75) is 13.8 Å². The zero-order chi connectivity index (χ0) is 11.4. The molecule has 3 nitrogen and oxygen atoms in total. The van der Waals surface area contributed by atoms with Crippen molar-refractivity contribution < 1.29 is 13.2 Å². The Bertz CT molecular complexity index is 212. The molecular weight excluding hydrogens is 200 g/mol. The van der Waals surface area contributed by atoms with Crippen molar-refractivity contribution in [2.75, 3.05) is 24.7 Å². The van der Waals surface area contributed by atoms with Crippen molar-refractivity contribution in [3.05, 3.63) is 25.3 Å². The van der Waals surface area contributed by atoms with Gasteiger partial charge in [-0.3, -0.25) is 0 Å². The quantitative estimate of drug-likeness (QED) is 0.641. The highest BCUT2D eigenvalue weighted by molar-refractivity contribution is 7.91. The fourth-order valence-electron chi connectivity index (χ4n) is 0.631. The van der Waals surface area contributed by atoms with Crippen LogP contribution in [-0.2, 0) is 14.6 Å². The zero-order valence-corrected chi connectivity index (χ0v) is 9.85. The first-order valence-corrected chi connectivity index (χ1v) is 6.36. The summed E-state index contributed by atoms with van der Waals surface area (Å²) in [7, 11) is -2.92. The Morgan fingerprint density at radius 3 is 1.57 bits per heavy atom. The Morgan fingerprint density at radius 1 is 1.07 bits per heavy atom. The molecule has 0 bridgehead atoms. The molecule has 0 aliphatic rings. The van der Waals surface area contributed by atoms with E-state index in [1.807, 2.05) is 13.8 Å². The molecule has 0 atom stereocenters. The summed E-state index contributed by atoms with van der Waals surface area (Å²) in [5.74, 6) is 0.0814. The van der Waals surface area contributed by atoms with E-state index in [-0.39, 0.29) is 11.5 Å². The normalized spacial score (nSPS) is 9.86. The lowest BCUT2D eigenvalue weighted by atomic mass is 10.8. The molecule has 0 aromatic carbocycles. The van der Waals surface area contributed by atoms with Crippen LogP contribution in [0.3, 0.4) is 0 Å². The Kier molecular flexibility index (Phi) is 11.9. The van der Waals surface area contributed by atoms with Gasteiger partial charge in [0.25, 0.3) is 0 Å². The molecule has 14 heavy (non-hydrogen) atoms. The molecule has 0 aromatic heterocycles. The van der Waals surface area contributed by atoms with Gasteiger partial charge in [-0.05, 0) is 13.8 Å². The molecule has 0 fully saturated rings. The van der Waals surface area contributed by atoms with E-state index in [4.69, 9.17) is 4.74 Å². The predicted octanol–water partition coefficient (Wildman–Crippen LogP) is 1.82. The van der Waals surface area contributed by atoms with Gasteiger partial charge < -0.3 is 4.74 Å². The second-order valence-corrected chi connectivity index (χ2v) is 4.59. The summed E-state index contributed by atoms with van der Waals surface area (Å²) >= 11 is 0. The highest BCUT2D eigenvalue weighted by Gasteiger charge is 2.02. The van der Waals surface area contributed by atoms with Crippen LogP contribution in [-0.4, -0.2) is 33.1 Å². The van der Waals surface area contributed by atoms with Gasteiger partial charge in [-0.2, -0.15) is 0 Å². The van der Waals surface area contributed by atoms with Crippen molar-refractivity contribution in [3.8, 4) is 0 Å². The summed E-state index contributed by atoms with van der Waals surface area (Å²) < 4.78 is 26.2. The predicted molar refractivity (Wildman–Crippen MR) is 61.2 cm³/mol. The van der Waals surface area contributed by atoms with Gasteiger partial charge >= 0.3 is 0 Å². The summed E-state index contributed by atoms with van der Waals surface area (Å²) in [5, 5.41) is 0. The lowest BCUT2D eigenvalue weighted by Crippen LogP contribution is -2.06. The molecular formula is C10H20O3S. The third-order valence-corrected chi connectivity index (χ3v) is 2.64. The van der Waals surface area contributed by atoms with Gasteiger partial charge in [-0.1, -0.05) is 12.2 Å². The van der Waals surface area contributed by atoms with Gasteiger partial charge in [-0.15, -0.1) is 13.2 Å². The van der Waals surface area contributed by atoms with Crippen LogP contribution in [0, 0.1) is 0 Å². The zero-order valence-electron chi connectivity index (χ0n) is 9.03. The van der Waals surface area contributed by atoms with Crippen LogP contribution in [0.15, 0.2) is 25.3 Å². The van der Waals surface area contributed by atoms with Crippen molar-refractivity contribution in [1.82, 2.24) is 0 Å². The maximum atomic E-state index is 10.7. The molecule has 0 spiro atoms. The molecule has 0 amide bonds. The average Bonchev–Trinajstić information content (AvgIpc) is 2.06. The minimum absolute atomic E-state index is 0.0407.